The van der Waals surface area contributed by atoms with Crippen LogP contribution in [0.2, 0.25) is 5.02 Å². The van der Waals surface area contributed by atoms with E-state index >= 15 is 0 Å². The summed E-state index contributed by atoms with van der Waals surface area (Å²) in [6.45, 7) is 7.32. The normalized spacial score (nSPS) is 19.4. The number of hydrogen-bond donors (Lipinski definition) is 1. The molecule has 0 spiro atoms. The molecule has 0 bridgehead atoms. The second kappa shape index (κ2) is 6.59. The van der Waals surface area contributed by atoms with Crippen molar-refractivity contribution in [1.29, 1.82) is 0 Å². The first kappa shape index (κ1) is 18.2. The minimum atomic E-state index is -0.278. The molecule has 29 heavy (non-hydrogen) atoms. The fraction of sp³-hybridized carbons (Fsp3) is 0.318. The average Bonchev–Trinajstić information content (AvgIpc) is 3.45. The van der Waals surface area contributed by atoms with E-state index in [9.17, 15) is 0 Å². The number of halogens is 1. The summed E-state index contributed by atoms with van der Waals surface area (Å²) in [5, 5.41) is 9.43. The van der Waals surface area contributed by atoms with Crippen LogP contribution in [0.5, 0.6) is 0 Å². The third kappa shape index (κ3) is 2.74. The fourth-order valence-corrected chi connectivity index (χ4v) is 4.57. The maximum absolute atomic E-state index is 6.33. The number of aromatic amines is 1. The van der Waals surface area contributed by atoms with Crippen molar-refractivity contribution in [2.24, 2.45) is 0 Å². The van der Waals surface area contributed by atoms with Crippen LogP contribution < -0.4 is 4.90 Å². The van der Waals surface area contributed by atoms with Crippen LogP contribution in [0, 0.1) is 19.9 Å². The van der Waals surface area contributed by atoms with E-state index in [0.717, 1.165) is 58.2 Å². The number of nitrogens with zero attached hydrogens (tertiary/aromatic N) is 5. The van der Waals surface area contributed by atoms with Crippen molar-refractivity contribution < 1.29 is 0 Å². The molecule has 1 aliphatic heterocycles. The van der Waals surface area contributed by atoms with Crippen molar-refractivity contribution in [3.8, 4) is 5.69 Å². The molecule has 0 unspecified atom stereocenters. The second-order valence-electron chi connectivity index (χ2n) is 7.86. The topological polar surface area (TPSA) is 62.6 Å². The van der Waals surface area contributed by atoms with Gasteiger partial charge in [0.2, 0.25) is 0 Å². The first-order chi connectivity index (χ1) is 14.0. The molecular weight excluding hydrogens is 384 g/mol. The van der Waals surface area contributed by atoms with Crippen LogP contribution in [0.4, 0.5) is 5.69 Å². The Kier molecular flexibility index (Phi) is 4.13. The molecule has 0 amide bonds. The smallest absolute Gasteiger partial charge is 0.132 e. The number of rotatable bonds is 3. The molecular formula is C22H22ClN6. The highest BCUT2D eigenvalue weighted by Crippen LogP contribution is 2.44. The molecule has 1 radical (unpaired) electrons. The van der Waals surface area contributed by atoms with Gasteiger partial charge in [-0.3, -0.25) is 0 Å². The van der Waals surface area contributed by atoms with Gasteiger partial charge in [0.1, 0.15) is 11.5 Å². The van der Waals surface area contributed by atoms with Gasteiger partial charge in [-0.2, -0.15) is 10.2 Å². The standard InChI is InChI=1S/C22H22ClN6/c1-14-6-4-7-18(29-24-11-12-25-29)20(14)28-13-5-10-22(28,3)21-26-17-9-8-16(23)15(2)19(17)27-21/h4,6,8-9,11-12H,5,10,13H2,1-3H3,(H,26,27)/t22-/m0/s1. The number of aryl methyl sites for hydroxylation is 2. The lowest BCUT2D eigenvalue weighted by molar-refractivity contribution is 0.465. The summed E-state index contributed by atoms with van der Waals surface area (Å²) in [7, 11) is 0. The first-order valence-electron chi connectivity index (χ1n) is 9.80. The fourth-order valence-electron chi connectivity index (χ4n) is 4.41. The molecule has 1 atom stereocenters. The van der Waals surface area contributed by atoms with E-state index < -0.39 is 0 Å². The van der Waals surface area contributed by atoms with Crippen molar-refractivity contribution in [2.75, 3.05) is 11.4 Å². The predicted octanol–water partition coefficient (Wildman–Crippen LogP) is 4.73. The maximum Gasteiger partial charge on any atom is 0.132 e. The zero-order valence-electron chi connectivity index (χ0n) is 16.7. The largest absolute Gasteiger partial charge is 0.357 e. The van der Waals surface area contributed by atoms with Crippen LogP contribution in [0.15, 0.2) is 36.7 Å². The van der Waals surface area contributed by atoms with Crippen LogP contribution in [-0.2, 0) is 5.54 Å². The lowest BCUT2D eigenvalue weighted by Crippen LogP contribution is -2.40. The Morgan fingerprint density at radius 1 is 1.17 bits per heavy atom. The van der Waals surface area contributed by atoms with Gasteiger partial charge in [0.15, 0.2) is 0 Å². The quantitative estimate of drug-likeness (QED) is 0.535. The zero-order chi connectivity index (χ0) is 20.2. The number of hydrogen-bond acceptors (Lipinski definition) is 4. The predicted molar refractivity (Wildman–Crippen MR) is 115 cm³/mol. The number of anilines is 1. The number of fused-ring (bicyclic) bond motifs is 1. The van der Waals surface area contributed by atoms with Crippen LogP contribution in [-0.4, -0.2) is 31.5 Å². The number of benzene rings is 2. The Morgan fingerprint density at radius 3 is 2.76 bits per heavy atom. The minimum absolute atomic E-state index is 0.278. The second-order valence-corrected chi connectivity index (χ2v) is 8.27. The molecule has 0 saturated carbocycles. The summed E-state index contributed by atoms with van der Waals surface area (Å²) in [6, 6.07) is 11.3. The Bertz CT molecular complexity index is 1200. The lowest BCUT2D eigenvalue weighted by Gasteiger charge is -2.37. The molecule has 3 heterocycles. The third-order valence-corrected chi connectivity index (χ3v) is 6.44. The van der Waals surface area contributed by atoms with Crippen molar-refractivity contribution in [3.05, 3.63) is 64.7 Å². The van der Waals surface area contributed by atoms with E-state index in [-0.39, 0.29) is 5.54 Å². The van der Waals surface area contributed by atoms with E-state index in [1.165, 1.54) is 5.56 Å². The Morgan fingerprint density at radius 2 is 1.97 bits per heavy atom. The van der Waals surface area contributed by atoms with Crippen molar-refractivity contribution in [2.45, 2.75) is 39.2 Å². The summed E-state index contributed by atoms with van der Waals surface area (Å²) >= 11 is 6.33. The summed E-state index contributed by atoms with van der Waals surface area (Å²) in [6.07, 6.45) is 5.46. The summed E-state index contributed by atoms with van der Waals surface area (Å²) < 4.78 is 0. The van der Waals surface area contributed by atoms with Gasteiger partial charge in [0.25, 0.3) is 0 Å². The van der Waals surface area contributed by atoms with E-state index in [1.807, 2.05) is 25.1 Å². The Labute approximate surface area is 174 Å². The number of nitrogens with one attached hydrogen (secondary N) is 1. The Hall–Kier alpha value is -2.86. The highest BCUT2D eigenvalue weighted by molar-refractivity contribution is 6.32. The summed E-state index contributed by atoms with van der Waals surface area (Å²) in [4.78, 5) is 12.6. The van der Waals surface area contributed by atoms with E-state index in [1.54, 1.807) is 17.2 Å². The molecule has 2 aromatic carbocycles. The summed E-state index contributed by atoms with van der Waals surface area (Å²) in [5.74, 6) is 0.956. The molecule has 1 aliphatic rings. The van der Waals surface area contributed by atoms with E-state index in [0.29, 0.717) is 0 Å². The van der Waals surface area contributed by atoms with Crippen molar-refractivity contribution in [1.82, 2.24) is 25.0 Å². The zero-order valence-corrected chi connectivity index (χ0v) is 17.5. The number of imidazole rings is 1. The molecule has 0 aliphatic carbocycles. The molecule has 2 aromatic heterocycles. The molecule has 6 nitrogen and oxygen atoms in total. The van der Waals surface area contributed by atoms with Crippen molar-refractivity contribution in [3.63, 3.8) is 0 Å². The monoisotopic (exact) mass is 405 g/mol. The average molecular weight is 406 g/mol. The Balaban J connectivity index is 1.67. The molecule has 147 valence electrons. The van der Waals surface area contributed by atoms with Gasteiger partial charge in [-0.1, -0.05) is 23.7 Å². The van der Waals surface area contributed by atoms with Gasteiger partial charge < -0.3 is 9.88 Å². The molecule has 5 rings (SSSR count). The molecule has 1 fully saturated rings. The molecule has 1 N–H and O–H groups in total. The highest BCUT2D eigenvalue weighted by Gasteiger charge is 2.42. The highest BCUT2D eigenvalue weighted by atomic mass is 35.5. The SMILES string of the molecule is Cc1cc[c]c(-n2nccn2)c1N1CCC[C@@]1(C)c1nc2c(C)c(Cl)ccc2[nH]1. The summed E-state index contributed by atoms with van der Waals surface area (Å²) in [5.41, 5.74) is 5.80. The minimum Gasteiger partial charge on any atom is -0.357 e. The van der Waals surface area contributed by atoms with Crippen LogP contribution >= 0.6 is 11.6 Å². The lowest BCUT2D eigenvalue weighted by atomic mass is 9.96. The van der Waals surface area contributed by atoms with Crippen LogP contribution in [0.3, 0.4) is 0 Å². The molecule has 4 aromatic rings. The first-order valence-corrected chi connectivity index (χ1v) is 10.2. The number of H-pyrrole nitrogens is 1. The maximum atomic E-state index is 6.33. The van der Waals surface area contributed by atoms with Crippen molar-refractivity contribution >= 4 is 28.3 Å². The van der Waals surface area contributed by atoms with Crippen LogP contribution in [0.1, 0.15) is 36.7 Å². The third-order valence-electron chi connectivity index (χ3n) is 6.03. The molecule has 1 saturated heterocycles. The van der Waals surface area contributed by atoms with Gasteiger partial charge in [0, 0.05) is 17.6 Å². The van der Waals surface area contributed by atoms with E-state index in [4.69, 9.17) is 16.6 Å². The number of aromatic nitrogens is 5. The van der Waals surface area contributed by atoms with Crippen LogP contribution in [0.25, 0.3) is 16.7 Å². The van der Waals surface area contributed by atoms with E-state index in [2.05, 4.69) is 46.1 Å². The molecule has 7 heteroatoms. The van der Waals surface area contributed by atoms with Gasteiger partial charge in [0.05, 0.1) is 34.7 Å². The van der Waals surface area contributed by atoms with Gasteiger partial charge in [-0.05, 0) is 56.9 Å². The van der Waals surface area contributed by atoms with Gasteiger partial charge >= 0.3 is 0 Å². The van der Waals surface area contributed by atoms with Gasteiger partial charge in [-0.25, -0.2) is 4.98 Å². The van der Waals surface area contributed by atoms with Gasteiger partial charge in [-0.15, -0.1) is 4.80 Å².